The monoisotopic (exact) mass is 241 g/mol. The molecule has 0 bridgehead atoms. The molecule has 1 aromatic heterocycles. The highest BCUT2D eigenvalue weighted by Crippen LogP contribution is 2.16. The molecule has 4 nitrogen and oxygen atoms in total. The Morgan fingerprint density at radius 2 is 2.54 bits per heavy atom. The predicted octanol–water partition coefficient (Wildman–Crippen LogP) is 0.889. The van der Waals surface area contributed by atoms with Crippen molar-refractivity contribution in [3.63, 3.8) is 0 Å². The molecule has 0 saturated carbocycles. The van der Waals surface area contributed by atoms with Crippen molar-refractivity contribution in [3.05, 3.63) is 22.4 Å². The van der Waals surface area contributed by atoms with Gasteiger partial charge in [-0.1, -0.05) is 0 Å². The van der Waals surface area contributed by atoms with Crippen LogP contribution in [0.5, 0.6) is 0 Å². The standard InChI is InChI=1S/C8H8BrN3O/c1-11(4-5-13)12-3-2-7(6-10)8(12)9/h2-3,5H,4H2,1H3. The van der Waals surface area contributed by atoms with E-state index in [1.165, 1.54) is 0 Å². The van der Waals surface area contributed by atoms with Crippen molar-refractivity contribution in [2.24, 2.45) is 0 Å². The Labute approximate surface area is 84.5 Å². The van der Waals surface area contributed by atoms with Crippen LogP contribution in [0.3, 0.4) is 0 Å². The summed E-state index contributed by atoms with van der Waals surface area (Å²) in [6, 6.07) is 3.72. The fraction of sp³-hybridized carbons (Fsp3) is 0.250. The maximum atomic E-state index is 10.2. The number of aromatic nitrogens is 1. The first kappa shape index (κ1) is 9.81. The number of carbonyl (C=O) groups excluding carboxylic acids is 1. The summed E-state index contributed by atoms with van der Waals surface area (Å²) in [7, 11) is 1.76. The molecule has 0 aliphatic rings. The Morgan fingerprint density at radius 1 is 1.85 bits per heavy atom. The average molecular weight is 242 g/mol. The summed E-state index contributed by atoms with van der Waals surface area (Å²) in [5, 5.41) is 10.4. The van der Waals surface area contributed by atoms with E-state index in [1.807, 2.05) is 6.07 Å². The number of carbonyl (C=O) groups is 1. The number of halogens is 1. The smallest absolute Gasteiger partial charge is 0.140 e. The van der Waals surface area contributed by atoms with E-state index >= 15 is 0 Å². The minimum Gasteiger partial charge on any atom is -0.308 e. The van der Waals surface area contributed by atoms with Gasteiger partial charge in [0.1, 0.15) is 17.0 Å². The second-order valence-corrected chi connectivity index (χ2v) is 3.23. The van der Waals surface area contributed by atoms with Crippen LogP contribution in [0.1, 0.15) is 5.56 Å². The first-order valence-electron chi connectivity index (χ1n) is 3.62. The number of aldehydes is 1. The van der Waals surface area contributed by atoms with E-state index in [1.54, 1.807) is 29.0 Å². The quantitative estimate of drug-likeness (QED) is 0.739. The molecule has 0 fully saturated rings. The molecule has 13 heavy (non-hydrogen) atoms. The van der Waals surface area contributed by atoms with Crippen LogP contribution < -0.4 is 5.01 Å². The zero-order valence-corrected chi connectivity index (χ0v) is 8.65. The van der Waals surface area contributed by atoms with Crippen molar-refractivity contribution in [3.8, 4) is 6.07 Å². The van der Waals surface area contributed by atoms with E-state index in [9.17, 15) is 4.79 Å². The van der Waals surface area contributed by atoms with Crippen molar-refractivity contribution < 1.29 is 4.79 Å². The Hall–Kier alpha value is -1.28. The number of nitriles is 1. The van der Waals surface area contributed by atoms with Gasteiger partial charge in [0.25, 0.3) is 0 Å². The van der Waals surface area contributed by atoms with Gasteiger partial charge in [-0.25, -0.2) is 0 Å². The fourth-order valence-corrected chi connectivity index (χ4v) is 1.56. The Kier molecular flexibility index (Phi) is 3.09. The topological polar surface area (TPSA) is 49.0 Å². The van der Waals surface area contributed by atoms with E-state index in [2.05, 4.69) is 15.9 Å². The van der Waals surface area contributed by atoms with Crippen LogP contribution in [0.2, 0.25) is 0 Å². The number of nitrogens with zero attached hydrogens (tertiary/aromatic N) is 3. The molecule has 0 radical (unpaired) electrons. The van der Waals surface area contributed by atoms with Gasteiger partial charge >= 0.3 is 0 Å². The van der Waals surface area contributed by atoms with Crippen molar-refractivity contribution >= 4 is 22.2 Å². The van der Waals surface area contributed by atoms with Crippen LogP contribution in [0.4, 0.5) is 0 Å². The van der Waals surface area contributed by atoms with Gasteiger partial charge in [0.05, 0.1) is 12.1 Å². The molecule has 0 saturated heterocycles. The zero-order valence-electron chi connectivity index (χ0n) is 7.07. The minimum atomic E-state index is 0.290. The Balaban J connectivity index is 2.96. The molecular weight excluding hydrogens is 234 g/mol. The van der Waals surface area contributed by atoms with Crippen LogP contribution in [-0.4, -0.2) is 24.6 Å². The summed E-state index contributed by atoms with van der Waals surface area (Å²) in [4.78, 5) is 10.2. The molecule has 1 rings (SSSR count). The van der Waals surface area contributed by atoms with Gasteiger partial charge < -0.3 is 9.80 Å². The second-order valence-electron chi connectivity index (χ2n) is 2.48. The first-order valence-corrected chi connectivity index (χ1v) is 4.42. The van der Waals surface area contributed by atoms with Crippen LogP contribution in [0.15, 0.2) is 16.9 Å². The molecule has 0 aliphatic heterocycles. The highest BCUT2D eigenvalue weighted by Gasteiger charge is 2.07. The molecule has 5 heteroatoms. The zero-order chi connectivity index (χ0) is 9.84. The largest absolute Gasteiger partial charge is 0.308 e. The van der Waals surface area contributed by atoms with Crippen LogP contribution in [0, 0.1) is 11.3 Å². The third kappa shape index (κ3) is 1.90. The normalized spacial score (nSPS) is 9.31. The third-order valence-corrected chi connectivity index (χ3v) is 2.42. The van der Waals surface area contributed by atoms with E-state index in [-0.39, 0.29) is 6.54 Å². The van der Waals surface area contributed by atoms with Gasteiger partial charge in [-0.2, -0.15) is 5.26 Å². The molecule has 1 heterocycles. The molecule has 68 valence electrons. The summed E-state index contributed by atoms with van der Waals surface area (Å²) in [6.07, 6.45) is 2.53. The van der Waals surface area contributed by atoms with E-state index in [0.29, 0.717) is 10.2 Å². The van der Waals surface area contributed by atoms with Crippen LogP contribution >= 0.6 is 15.9 Å². The molecule has 0 atom stereocenters. The van der Waals surface area contributed by atoms with Gasteiger partial charge in [0.2, 0.25) is 0 Å². The van der Waals surface area contributed by atoms with Crippen molar-refractivity contribution in [2.45, 2.75) is 0 Å². The van der Waals surface area contributed by atoms with E-state index < -0.39 is 0 Å². The highest BCUT2D eigenvalue weighted by atomic mass is 79.9. The summed E-state index contributed by atoms with van der Waals surface area (Å²) in [6.45, 7) is 0.290. The fourth-order valence-electron chi connectivity index (χ4n) is 0.946. The lowest BCUT2D eigenvalue weighted by Gasteiger charge is -2.18. The molecular formula is C8H8BrN3O. The minimum absolute atomic E-state index is 0.290. The molecule has 0 aromatic carbocycles. The van der Waals surface area contributed by atoms with Crippen LogP contribution in [-0.2, 0) is 4.79 Å². The second kappa shape index (κ2) is 4.10. The molecule has 0 unspecified atom stereocenters. The maximum absolute atomic E-state index is 10.2. The summed E-state index contributed by atoms with van der Waals surface area (Å²) >= 11 is 3.26. The summed E-state index contributed by atoms with van der Waals surface area (Å²) < 4.78 is 2.37. The maximum Gasteiger partial charge on any atom is 0.140 e. The Bertz CT molecular complexity index is 353. The lowest BCUT2D eigenvalue weighted by molar-refractivity contribution is -0.106. The summed E-state index contributed by atoms with van der Waals surface area (Å²) in [5.74, 6) is 0. The lowest BCUT2D eigenvalue weighted by Crippen LogP contribution is -2.31. The van der Waals surface area contributed by atoms with E-state index in [0.717, 1.165) is 6.29 Å². The number of hydrogen-bond donors (Lipinski definition) is 0. The molecule has 0 amide bonds. The Morgan fingerprint density at radius 3 is 3.00 bits per heavy atom. The van der Waals surface area contributed by atoms with Crippen LogP contribution in [0.25, 0.3) is 0 Å². The van der Waals surface area contributed by atoms with Gasteiger partial charge in [0.15, 0.2) is 0 Å². The SMILES string of the molecule is CN(CC=O)n1ccc(C#N)c1Br. The van der Waals surface area contributed by atoms with Gasteiger partial charge in [-0.15, -0.1) is 0 Å². The van der Waals surface area contributed by atoms with E-state index in [4.69, 9.17) is 5.26 Å². The van der Waals surface area contributed by atoms with Gasteiger partial charge in [0, 0.05) is 13.2 Å². The molecule has 0 aliphatic carbocycles. The molecule has 0 spiro atoms. The lowest BCUT2D eigenvalue weighted by atomic mass is 10.4. The number of hydrogen-bond acceptors (Lipinski definition) is 3. The predicted molar refractivity (Wildman–Crippen MR) is 51.9 cm³/mol. The number of likely N-dealkylation sites (N-methyl/N-ethyl adjacent to an activating group) is 1. The molecule has 0 N–H and O–H groups in total. The summed E-state index contributed by atoms with van der Waals surface area (Å²) in [5.41, 5.74) is 0.553. The van der Waals surface area contributed by atoms with Crippen molar-refractivity contribution in [1.29, 1.82) is 5.26 Å². The van der Waals surface area contributed by atoms with Crippen molar-refractivity contribution in [1.82, 2.24) is 4.68 Å². The van der Waals surface area contributed by atoms with Gasteiger partial charge in [-0.3, -0.25) is 4.68 Å². The number of rotatable bonds is 3. The molecule has 1 aromatic rings. The first-order chi connectivity index (χ1) is 6.20. The van der Waals surface area contributed by atoms with Crippen molar-refractivity contribution in [2.75, 3.05) is 18.6 Å². The average Bonchev–Trinajstić information content (AvgIpc) is 2.47. The van der Waals surface area contributed by atoms with Gasteiger partial charge in [-0.05, 0) is 22.0 Å². The third-order valence-electron chi connectivity index (χ3n) is 1.63. The highest BCUT2D eigenvalue weighted by molar-refractivity contribution is 9.10.